The maximum absolute atomic E-state index is 14.1. The summed E-state index contributed by atoms with van der Waals surface area (Å²) in [6.45, 7) is 5.54. The molecule has 1 amide bonds. The number of hydrogen-bond acceptors (Lipinski definition) is 5. The van der Waals surface area contributed by atoms with E-state index < -0.39 is 0 Å². The minimum Gasteiger partial charge on any atom is -0.336 e. The van der Waals surface area contributed by atoms with Crippen molar-refractivity contribution in [3.8, 4) is 33.9 Å². The van der Waals surface area contributed by atoms with Gasteiger partial charge in [0.25, 0.3) is 0 Å². The van der Waals surface area contributed by atoms with Crippen LogP contribution < -0.4 is 5.32 Å². The molecule has 0 aliphatic heterocycles. The topological polar surface area (TPSA) is 112 Å². The number of H-pyrrole nitrogens is 2. The number of aryl methyl sites for hydroxylation is 1. The Morgan fingerprint density at radius 2 is 1.82 bits per heavy atom. The highest BCUT2D eigenvalue weighted by molar-refractivity contribution is 5.97. The Bertz CT molecular complexity index is 1820. The molecule has 0 saturated carbocycles. The van der Waals surface area contributed by atoms with E-state index in [9.17, 15) is 9.18 Å². The van der Waals surface area contributed by atoms with Crippen molar-refractivity contribution in [3.63, 3.8) is 0 Å². The lowest BCUT2D eigenvalue weighted by Crippen LogP contribution is -2.17. The third-order valence-corrected chi connectivity index (χ3v) is 6.32. The molecule has 6 rings (SSSR count). The Labute approximate surface area is 217 Å². The van der Waals surface area contributed by atoms with E-state index in [2.05, 4.69) is 25.5 Å². The Kier molecular flexibility index (Phi) is 5.68. The third kappa shape index (κ3) is 4.28. The molecular weight excluding hydrogens is 481 g/mol. The van der Waals surface area contributed by atoms with Crippen molar-refractivity contribution >= 4 is 33.7 Å². The Hall–Kier alpha value is -4.92. The zero-order valence-electron chi connectivity index (χ0n) is 21.0. The zero-order chi connectivity index (χ0) is 26.4. The third-order valence-electron chi connectivity index (χ3n) is 6.32. The molecule has 4 aromatic heterocycles. The normalized spacial score (nSPS) is 11.5. The fourth-order valence-corrected chi connectivity index (χ4v) is 4.43. The summed E-state index contributed by atoms with van der Waals surface area (Å²) in [5, 5.41) is 10.4. The van der Waals surface area contributed by atoms with Crippen molar-refractivity contribution in [2.24, 2.45) is 5.92 Å². The van der Waals surface area contributed by atoms with Crippen molar-refractivity contribution in [2.45, 2.75) is 20.8 Å². The quantitative estimate of drug-likeness (QED) is 0.256. The highest BCUT2D eigenvalue weighted by atomic mass is 19.1. The number of nitrogens with one attached hydrogen (secondary N) is 3. The second-order valence-corrected chi connectivity index (χ2v) is 9.58. The number of hydrogen-bond donors (Lipinski definition) is 3. The molecule has 0 spiro atoms. The van der Waals surface area contributed by atoms with Gasteiger partial charge in [0.15, 0.2) is 11.5 Å². The summed E-state index contributed by atoms with van der Waals surface area (Å²) >= 11 is 0. The van der Waals surface area contributed by atoms with E-state index in [1.165, 1.54) is 12.1 Å². The molecule has 0 radical (unpaired) electrons. The first-order chi connectivity index (χ1) is 18.4. The van der Waals surface area contributed by atoms with Gasteiger partial charge >= 0.3 is 0 Å². The van der Waals surface area contributed by atoms with E-state index in [-0.39, 0.29) is 17.6 Å². The number of benzene rings is 2. The molecule has 0 unspecified atom stereocenters. The van der Waals surface area contributed by atoms with Gasteiger partial charge in [-0.1, -0.05) is 32.0 Å². The van der Waals surface area contributed by atoms with Crippen molar-refractivity contribution in [1.82, 2.24) is 30.1 Å². The van der Waals surface area contributed by atoms with E-state index >= 15 is 0 Å². The summed E-state index contributed by atoms with van der Waals surface area (Å²) < 4.78 is 14.1. The minimum atomic E-state index is -0.287. The van der Waals surface area contributed by atoms with Crippen LogP contribution in [0.15, 0.2) is 67.0 Å². The summed E-state index contributed by atoms with van der Waals surface area (Å²) in [5.74, 6) is 0.0377. The highest BCUT2D eigenvalue weighted by Gasteiger charge is 2.17. The second kappa shape index (κ2) is 9.19. The number of para-hydroxylation sites is 1. The van der Waals surface area contributed by atoms with Crippen LogP contribution in [0, 0.1) is 18.7 Å². The molecule has 6 aromatic rings. The summed E-state index contributed by atoms with van der Waals surface area (Å²) in [5.41, 5.74) is 7.96. The van der Waals surface area contributed by atoms with Crippen molar-refractivity contribution < 1.29 is 9.18 Å². The van der Waals surface area contributed by atoms with Gasteiger partial charge in [0.05, 0.1) is 34.1 Å². The smallest absolute Gasteiger partial charge is 0.226 e. The molecule has 3 N–H and O–H groups in total. The molecule has 0 atom stereocenters. The molecule has 38 heavy (non-hydrogen) atoms. The summed E-state index contributed by atoms with van der Waals surface area (Å²) in [4.78, 5) is 29.4. The lowest BCUT2D eigenvalue weighted by Gasteiger charge is -2.08. The van der Waals surface area contributed by atoms with E-state index in [1.54, 1.807) is 12.4 Å². The molecule has 0 fully saturated rings. The van der Waals surface area contributed by atoms with Crippen LogP contribution in [0.1, 0.15) is 19.4 Å². The SMILES string of the molecule is Cc1cc(F)cc(-c2cccc3[nH]c(-c4n[nH]c5ccc(-c6cncc(NC(=O)C(C)C)c6)nc45)nc23)c1. The van der Waals surface area contributed by atoms with E-state index in [1.807, 2.05) is 63.2 Å². The molecule has 0 saturated heterocycles. The van der Waals surface area contributed by atoms with Gasteiger partial charge < -0.3 is 10.3 Å². The Morgan fingerprint density at radius 1 is 0.947 bits per heavy atom. The molecular formula is C29H24FN7O. The number of halogens is 1. The number of pyridine rings is 2. The van der Waals surface area contributed by atoms with Crippen LogP contribution in [0.25, 0.3) is 56.0 Å². The van der Waals surface area contributed by atoms with Crippen molar-refractivity contribution in [1.29, 1.82) is 0 Å². The van der Waals surface area contributed by atoms with Crippen LogP contribution in [0.3, 0.4) is 0 Å². The van der Waals surface area contributed by atoms with Crippen LogP contribution in [0.2, 0.25) is 0 Å². The van der Waals surface area contributed by atoms with Gasteiger partial charge in [0, 0.05) is 23.2 Å². The lowest BCUT2D eigenvalue weighted by atomic mass is 10.0. The van der Waals surface area contributed by atoms with E-state index in [0.29, 0.717) is 28.4 Å². The molecule has 9 heteroatoms. The summed E-state index contributed by atoms with van der Waals surface area (Å²) in [6, 6.07) is 16.3. The van der Waals surface area contributed by atoms with E-state index in [0.717, 1.165) is 38.8 Å². The minimum absolute atomic E-state index is 0.0814. The summed E-state index contributed by atoms with van der Waals surface area (Å²) in [7, 11) is 0. The van der Waals surface area contributed by atoms with Gasteiger partial charge in [-0.3, -0.25) is 14.9 Å². The Balaban J connectivity index is 1.42. The van der Waals surface area contributed by atoms with Crippen LogP contribution in [-0.2, 0) is 4.79 Å². The van der Waals surface area contributed by atoms with Crippen LogP contribution in [0.4, 0.5) is 10.1 Å². The lowest BCUT2D eigenvalue weighted by molar-refractivity contribution is -0.118. The molecule has 0 aliphatic carbocycles. The fraction of sp³-hybridized carbons (Fsp3) is 0.138. The molecule has 4 heterocycles. The van der Waals surface area contributed by atoms with Crippen LogP contribution in [-0.4, -0.2) is 36.0 Å². The molecule has 2 aromatic carbocycles. The number of imidazole rings is 1. The van der Waals surface area contributed by atoms with Crippen LogP contribution >= 0.6 is 0 Å². The van der Waals surface area contributed by atoms with Gasteiger partial charge in [-0.2, -0.15) is 5.10 Å². The largest absolute Gasteiger partial charge is 0.336 e. The first kappa shape index (κ1) is 23.5. The van der Waals surface area contributed by atoms with Crippen molar-refractivity contribution in [2.75, 3.05) is 5.32 Å². The van der Waals surface area contributed by atoms with Gasteiger partial charge in [-0.25, -0.2) is 14.4 Å². The zero-order valence-corrected chi connectivity index (χ0v) is 21.0. The number of carbonyl (C=O) groups is 1. The van der Waals surface area contributed by atoms with Crippen LogP contribution in [0.5, 0.6) is 0 Å². The van der Waals surface area contributed by atoms with Gasteiger partial charge in [-0.05, 0) is 54.4 Å². The highest BCUT2D eigenvalue weighted by Crippen LogP contribution is 2.32. The number of carbonyl (C=O) groups excluding carboxylic acids is 1. The first-order valence-electron chi connectivity index (χ1n) is 12.2. The predicted molar refractivity (Wildman–Crippen MR) is 146 cm³/mol. The Morgan fingerprint density at radius 3 is 2.63 bits per heavy atom. The van der Waals surface area contributed by atoms with E-state index in [4.69, 9.17) is 9.97 Å². The first-order valence-corrected chi connectivity index (χ1v) is 12.2. The maximum Gasteiger partial charge on any atom is 0.226 e. The van der Waals surface area contributed by atoms with Gasteiger partial charge in [0.2, 0.25) is 5.91 Å². The standard InChI is InChI=1S/C29H24FN7O/c1-15(2)29(38)32-20-12-18(13-31-14-20)22-7-8-24-26(33-22)27(37-36-24)28-34-23-6-4-5-21(25(23)35-28)17-9-16(3)10-19(30)11-17/h4-15H,1-3H3,(H,32,38)(H,34,35)(H,36,37). The number of fused-ring (bicyclic) bond motifs is 2. The summed E-state index contributed by atoms with van der Waals surface area (Å²) in [6.07, 6.45) is 3.31. The molecule has 0 aliphatic rings. The number of rotatable bonds is 5. The number of anilines is 1. The fourth-order valence-electron chi connectivity index (χ4n) is 4.43. The molecule has 8 nitrogen and oxygen atoms in total. The monoisotopic (exact) mass is 505 g/mol. The van der Waals surface area contributed by atoms with Crippen molar-refractivity contribution in [3.05, 3.63) is 78.4 Å². The number of aromatic amines is 2. The van der Waals surface area contributed by atoms with Gasteiger partial charge in [0.1, 0.15) is 11.3 Å². The average Bonchev–Trinajstić information content (AvgIpc) is 3.51. The maximum atomic E-state index is 14.1. The number of aromatic nitrogens is 6. The molecule has 0 bridgehead atoms. The molecule has 188 valence electrons. The average molecular weight is 506 g/mol. The van der Waals surface area contributed by atoms with Gasteiger partial charge in [-0.15, -0.1) is 0 Å². The predicted octanol–water partition coefficient (Wildman–Crippen LogP) is 6.27. The number of amides is 1. The number of nitrogens with zero attached hydrogens (tertiary/aromatic N) is 4. The second-order valence-electron chi connectivity index (χ2n) is 9.58.